The summed E-state index contributed by atoms with van der Waals surface area (Å²) in [6.07, 6.45) is -4.16. The number of hydrogen-bond acceptors (Lipinski definition) is 5. The SMILES string of the molecule is FC(F)(F)Oc1ccc(Cl)cc1NCc1noc2c1COCC2. The van der Waals surface area contributed by atoms with Crippen LogP contribution in [0.15, 0.2) is 22.7 Å². The fourth-order valence-corrected chi connectivity index (χ4v) is 2.42. The molecule has 2 heterocycles. The largest absolute Gasteiger partial charge is 0.573 e. The quantitative estimate of drug-likeness (QED) is 0.907. The van der Waals surface area contributed by atoms with Crippen molar-refractivity contribution in [1.82, 2.24) is 5.16 Å². The van der Waals surface area contributed by atoms with E-state index in [9.17, 15) is 13.2 Å². The van der Waals surface area contributed by atoms with Gasteiger partial charge >= 0.3 is 6.36 Å². The summed E-state index contributed by atoms with van der Waals surface area (Å²) in [5.41, 5.74) is 1.52. The number of fused-ring (bicyclic) bond motifs is 1. The molecule has 0 unspecified atom stereocenters. The van der Waals surface area contributed by atoms with Crippen molar-refractivity contribution < 1.29 is 27.2 Å². The molecule has 3 rings (SSSR count). The lowest BCUT2D eigenvalue weighted by Crippen LogP contribution is -2.18. The van der Waals surface area contributed by atoms with E-state index in [1.807, 2.05) is 0 Å². The first-order valence-corrected chi connectivity index (χ1v) is 7.13. The number of halogens is 4. The summed E-state index contributed by atoms with van der Waals surface area (Å²) < 4.78 is 51.8. The number of ether oxygens (including phenoxy) is 2. The molecule has 1 aliphatic heterocycles. The van der Waals surface area contributed by atoms with Crippen LogP contribution in [0, 0.1) is 0 Å². The molecule has 1 aromatic heterocycles. The number of anilines is 1. The second kappa shape index (κ2) is 6.29. The third kappa shape index (κ3) is 3.89. The number of nitrogens with one attached hydrogen (secondary N) is 1. The van der Waals surface area contributed by atoms with Crippen molar-refractivity contribution in [2.75, 3.05) is 11.9 Å². The Hall–Kier alpha value is -1.93. The van der Waals surface area contributed by atoms with Crippen molar-refractivity contribution in [3.8, 4) is 5.75 Å². The minimum atomic E-state index is -4.79. The zero-order chi connectivity index (χ0) is 16.4. The van der Waals surface area contributed by atoms with E-state index in [1.165, 1.54) is 12.1 Å². The fraction of sp³-hybridized carbons (Fsp3) is 0.357. The average molecular weight is 349 g/mol. The summed E-state index contributed by atoms with van der Waals surface area (Å²) in [4.78, 5) is 0. The maximum Gasteiger partial charge on any atom is 0.573 e. The molecule has 124 valence electrons. The predicted octanol–water partition coefficient (Wildman–Crippen LogP) is 3.91. The first-order chi connectivity index (χ1) is 10.9. The highest BCUT2D eigenvalue weighted by Gasteiger charge is 2.32. The Balaban J connectivity index is 1.77. The molecule has 23 heavy (non-hydrogen) atoms. The molecule has 0 radical (unpaired) electrons. The lowest BCUT2D eigenvalue weighted by atomic mass is 10.1. The lowest BCUT2D eigenvalue weighted by molar-refractivity contribution is -0.274. The number of hydrogen-bond donors (Lipinski definition) is 1. The van der Waals surface area contributed by atoms with E-state index in [0.29, 0.717) is 25.3 Å². The van der Waals surface area contributed by atoms with Crippen LogP contribution in [-0.2, 0) is 24.3 Å². The van der Waals surface area contributed by atoms with Crippen molar-refractivity contribution in [2.45, 2.75) is 25.9 Å². The summed E-state index contributed by atoms with van der Waals surface area (Å²) >= 11 is 5.83. The third-order valence-electron chi connectivity index (χ3n) is 3.28. The molecule has 0 saturated heterocycles. The summed E-state index contributed by atoms with van der Waals surface area (Å²) in [6.45, 7) is 1.10. The van der Waals surface area contributed by atoms with E-state index in [4.69, 9.17) is 20.9 Å². The molecule has 0 atom stereocenters. The van der Waals surface area contributed by atoms with Gasteiger partial charge in [-0.15, -0.1) is 13.2 Å². The Kier molecular flexibility index (Phi) is 4.36. The number of aromatic nitrogens is 1. The Bertz CT molecular complexity index is 703. The van der Waals surface area contributed by atoms with Crippen LogP contribution < -0.4 is 10.1 Å². The Morgan fingerprint density at radius 1 is 1.35 bits per heavy atom. The second-order valence-corrected chi connectivity index (χ2v) is 5.31. The van der Waals surface area contributed by atoms with Gasteiger partial charge in [0.25, 0.3) is 0 Å². The topological polar surface area (TPSA) is 56.5 Å². The van der Waals surface area contributed by atoms with E-state index >= 15 is 0 Å². The summed E-state index contributed by atoms with van der Waals surface area (Å²) in [6, 6.07) is 3.82. The Morgan fingerprint density at radius 3 is 2.96 bits per heavy atom. The molecule has 0 bridgehead atoms. The van der Waals surface area contributed by atoms with Gasteiger partial charge in [0, 0.05) is 17.0 Å². The zero-order valence-electron chi connectivity index (χ0n) is 11.7. The van der Waals surface area contributed by atoms with Crippen LogP contribution in [0.5, 0.6) is 5.75 Å². The average Bonchev–Trinajstić information content (AvgIpc) is 2.89. The maximum absolute atomic E-state index is 12.4. The van der Waals surface area contributed by atoms with Gasteiger partial charge in [0.05, 0.1) is 25.4 Å². The lowest BCUT2D eigenvalue weighted by Gasteiger charge is -2.15. The normalized spacial score (nSPS) is 14.4. The number of rotatable bonds is 4. The number of benzene rings is 1. The molecule has 2 aromatic rings. The van der Waals surface area contributed by atoms with Crippen LogP contribution in [0.2, 0.25) is 5.02 Å². The molecule has 9 heteroatoms. The van der Waals surface area contributed by atoms with Crippen molar-refractivity contribution in [2.24, 2.45) is 0 Å². The van der Waals surface area contributed by atoms with Gasteiger partial charge in [-0.05, 0) is 18.2 Å². The minimum absolute atomic E-state index is 0.114. The molecule has 1 aliphatic rings. The molecular formula is C14H12ClF3N2O3. The molecular weight excluding hydrogens is 337 g/mol. The molecule has 1 aromatic carbocycles. The van der Waals surface area contributed by atoms with Crippen molar-refractivity contribution in [3.05, 3.63) is 40.2 Å². The van der Waals surface area contributed by atoms with Gasteiger partial charge < -0.3 is 19.3 Å². The zero-order valence-corrected chi connectivity index (χ0v) is 12.5. The van der Waals surface area contributed by atoms with Crippen LogP contribution >= 0.6 is 11.6 Å². The predicted molar refractivity (Wildman–Crippen MR) is 75.3 cm³/mol. The van der Waals surface area contributed by atoms with Gasteiger partial charge in [-0.1, -0.05) is 16.8 Å². The molecule has 0 fully saturated rings. The smallest absolute Gasteiger partial charge is 0.404 e. The molecule has 1 N–H and O–H groups in total. The second-order valence-electron chi connectivity index (χ2n) is 4.88. The Labute approximate surface area is 134 Å². The van der Waals surface area contributed by atoms with E-state index < -0.39 is 6.36 Å². The van der Waals surface area contributed by atoms with Crippen molar-refractivity contribution in [1.29, 1.82) is 0 Å². The van der Waals surface area contributed by atoms with Gasteiger partial charge in [0.1, 0.15) is 11.5 Å². The summed E-state index contributed by atoms with van der Waals surface area (Å²) in [5.74, 6) is 0.376. The van der Waals surface area contributed by atoms with Gasteiger partial charge in [0.2, 0.25) is 0 Å². The first kappa shape index (κ1) is 15.9. The van der Waals surface area contributed by atoms with E-state index in [-0.39, 0.29) is 23.0 Å². The Morgan fingerprint density at radius 2 is 2.17 bits per heavy atom. The number of alkyl halides is 3. The highest BCUT2D eigenvalue weighted by molar-refractivity contribution is 6.30. The van der Waals surface area contributed by atoms with Gasteiger partial charge in [-0.25, -0.2) is 0 Å². The summed E-state index contributed by atoms with van der Waals surface area (Å²) in [7, 11) is 0. The molecule has 0 aliphatic carbocycles. The molecule has 0 saturated carbocycles. The maximum atomic E-state index is 12.4. The summed E-state index contributed by atoms with van der Waals surface area (Å²) in [5, 5.41) is 7.05. The molecule has 0 spiro atoms. The highest BCUT2D eigenvalue weighted by Crippen LogP contribution is 2.33. The third-order valence-corrected chi connectivity index (χ3v) is 3.52. The van der Waals surface area contributed by atoms with Gasteiger partial charge in [-0.2, -0.15) is 0 Å². The monoisotopic (exact) mass is 348 g/mol. The standard InChI is InChI=1S/C14H12ClF3N2O3/c15-8-1-2-13(22-14(16,17)18)10(5-8)19-6-11-9-7-21-4-3-12(9)23-20-11/h1-2,5,19H,3-4,6-7H2. The van der Waals surface area contributed by atoms with Crippen molar-refractivity contribution >= 4 is 17.3 Å². The van der Waals surface area contributed by atoms with Crippen molar-refractivity contribution in [3.63, 3.8) is 0 Å². The van der Waals surface area contributed by atoms with Crippen LogP contribution in [0.1, 0.15) is 17.0 Å². The van der Waals surface area contributed by atoms with E-state index in [1.54, 1.807) is 0 Å². The van der Waals surface area contributed by atoms with Gasteiger partial charge in [0.15, 0.2) is 5.75 Å². The van der Waals surface area contributed by atoms with E-state index in [2.05, 4.69) is 15.2 Å². The van der Waals surface area contributed by atoms with E-state index in [0.717, 1.165) is 17.4 Å². The first-order valence-electron chi connectivity index (χ1n) is 6.75. The van der Waals surface area contributed by atoms with Crippen LogP contribution in [-0.4, -0.2) is 18.1 Å². The van der Waals surface area contributed by atoms with Crippen LogP contribution in [0.4, 0.5) is 18.9 Å². The molecule has 0 amide bonds. The number of nitrogens with zero attached hydrogens (tertiary/aromatic N) is 1. The van der Waals surface area contributed by atoms with Crippen LogP contribution in [0.3, 0.4) is 0 Å². The van der Waals surface area contributed by atoms with Crippen LogP contribution in [0.25, 0.3) is 0 Å². The fourth-order valence-electron chi connectivity index (χ4n) is 2.25. The van der Waals surface area contributed by atoms with Gasteiger partial charge in [-0.3, -0.25) is 0 Å². The molecule has 5 nitrogen and oxygen atoms in total. The minimum Gasteiger partial charge on any atom is -0.404 e. The highest BCUT2D eigenvalue weighted by atomic mass is 35.5.